The van der Waals surface area contributed by atoms with E-state index in [0.29, 0.717) is 24.4 Å². The molecule has 1 aliphatic carbocycles. The third kappa shape index (κ3) is 2.66. The molecule has 0 radical (unpaired) electrons. The van der Waals surface area contributed by atoms with Crippen molar-refractivity contribution < 1.29 is 19.5 Å². The van der Waals surface area contributed by atoms with Crippen LogP contribution in [0, 0.1) is 0 Å². The highest BCUT2D eigenvalue weighted by molar-refractivity contribution is 6.43. The number of hydrogen-bond donors (Lipinski definition) is 2. The fourth-order valence-corrected chi connectivity index (χ4v) is 4.53. The minimum Gasteiger partial charge on any atom is -0.465 e. The Morgan fingerprint density at radius 3 is 2.66 bits per heavy atom. The first-order valence-electron chi connectivity index (χ1n) is 9.80. The van der Waals surface area contributed by atoms with E-state index in [1.165, 1.54) is 29.7 Å². The molecule has 148 valence electrons. The molecule has 5 rings (SSSR count). The molecular weight excluding hydrogens is 372 g/mol. The summed E-state index contributed by atoms with van der Waals surface area (Å²) >= 11 is 0. The first-order valence-corrected chi connectivity index (χ1v) is 9.80. The van der Waals surface area contributed by atoms with Crippen molar-refractivity contribution in [2.45, 2.75) is 37.6 Å². The normalized spacial score (nSPS) is 21.0. The number of nitrogens with one attached hydrogen (secondary N) is 1. The van der Waals surface area contributed by atoms with Gasteiger partial charge in [0.2, 0.25) is 0 Å². The van der Waals surface area contributed by atoms with E-state index in [1.54, 1.807) is 4.68 Å². The van der Waals surface area contributed by atoms with Gasteiger partial charge in [-0.15, -0.1) is 0 Å². The van der Waals surface area contributed by atoms with Crippen molar-refractivity contribution in [2.75, 3.05) is 13.1 Å². The molecule has 0 saturated heterocycles. The Morgan fingerprint density at radius 2 is 2.03 bits per heavy atom. The van der Waals surface area contributed by atoms with Crippen LogP contribution in [0.1, 0.15) is 53.7 Å². The lowest BCUT2D eigenvalue weighted by molar-refractivity contribution is -0.119. The lowest BCUT2D eigenvalue weighted by Gasteiger charge is -2.33. The number of nitrogens with zero attached hydrogens (tertiary/aromatic N) is 5. The lowest BCUT2D eigenvalue weighted by Crippen LogP contribution is -2.44. The van der Waals surface area contributed by atoms with E-state index >= 15 is 0 Å². The second-order valence-electron chi connectivity index (χ2n) is 7.74. The van der Waals surface area contributed by atoms with Gasteiger partial charge in [0.25, 0.3) is 0 Å². The number of carbonyl (C=O) groups excluding carboxylic acids is 1. The SMILES string of the molecule is [N-]=[N+]=C1C(=O)NCC2c3c1nn(-c1ccc(C4CCC4)cc1)c3CCN2C(=O)O. The molecule has 2 aliphatic heterocycles. The van der Waals surface area contributed by atoms with E-state index in [0.717, 1.165) is 11.4 Å². The zero-order chi connectivity index (χ0) is 20.1. The van der Waals surface area contributed by atoms with E-state index in [1.807, 2.05) is 12.1 Å². The minimum atomic E-state index is -1.05. The molecule has 1 saturated carbocycles. The molecule has 2 amide bonds. The molecule has 2 aromatic rings. The van der Waals surface area contributed by atoms with Gasteiger partial charge in [0.15, 0.2) is 5.69 Å². The molecule has 0 spiro atoms. The molecule has 0 bridgehead atoms. The van der Waals surface area contributed by atoms with Gasteiger partial charge in [0.05, 0.1) is 17.4 Å². The van der Waals surface area contributed by atoms with Crippen LogP contribution < -0.4 is 5.32 Å². The maximum atomic E-state index is 12.4. The first-order chi connectivity index (χ1) is 14.1. The van der Waals surface area contributed by atoms with Gasteiger partial charge in [-0.2, -0.15) is 9.89 Å². The van der Waals surface area contributed by atoms with Gasteiger partial charge >= 0.3 is 17.7 Å². The Morgan fingerprint density at radius 1 is 1.28 bits per heavy atom. The van der Waals surface area contributed by atoms with Gasteiger partial charge in [0.1, 0.15) is 0 Å². The second-order valence-corrected chi connectivity index (χ2v) is 7.74. The van der Waals surface area contributed by atoms with Crippen LogP contribution in [-0.4, -0.2) is 55.4 Å². The molecule has 9 nitrogen and oxygen atoms in total. The number of benzene rings is 1. The predicted molar refractivity (Wildman–Crippen MR) is 102 cm³/mol. The maximum Gasteiger partial charge on any atom is 0.407 e. The van der Waals surface area contributed by atoms with Crippen molar-refractivity contribution in [3.05, 3.63) is 52.3 Å². The van der Waals surface area contributed by atoms with Gasteiger partial charge in [-0.1, -0.05) is 18.6 Å². The fourth-order valence-electron chi connectivity index (χ4n) is 4.53. The number of carbonyl (C=O) groups is 2. The zero-order valence-corrected chi connectivity index (χ0v) is 15.7. The summed E-state index contributed by atoms with van der Waals surface area (Å²) in [5.41, 5.74) is 13.1. The van der Waals surface area contributed by atoms with Crippen molar-refractivity contribution in [3.8, 4) is 5.69 Å². The maximum absolute atomic E-state index is 12.4. The average Bonchev–Trinajstić information content (AvgIpc) is 2.98. The van der Waals surface area contributed by atoms with Crippen LogP contribution in [0.5, 0.6) is 0 Å². The van der Waals surface area contributed by atoms with Crippen LogP contribution >= 0.6 is 0 Å². The van der Waals surface area contributed by atoms with Crippen LogP contribution in [0.25, 0.3) is 11.2 Å². The van der Waals surface area contributed by atoms with Crippen molar-refractivity contribution in [2.24, 2.45) is 0 Å². The van der Waals surface area contributed by atoms with Crippen molar-refractivity contribution in [1.29, 1.82) is 0 Å². The zero-order valence-electron chi connectivity index (χ0n) is 15.7. The lowest BCUT2D eigenvalue weighted by atomic mass is 9.80. The van der Waals surface area contributed by atoms with E-state index < -0.39 is 18.0 Å². The molecule has 1 unspecified atom stereocenters. The Kier molecular flexibility index (Phi) is 3.99. The highest BCUT2D eigenvalue weighted by Crippen LogP contribution is 2.38. The van der Waals surface area contributed by atoms with E-state index in [-0.39, 0.29) is 18.0 Å². The summed E-state index contributed by atoms with van der Waals surface area (Å²) in [6, 6.07) is 7.65. The van der Waals surface area contributed by atoms with Gasteiger partial charge in [-0.3, -0.25) is 9.69 Å². The number of aromatic nitrogens is 2. The molecule has 1 fully saturated rings. The van der Waals surface area contributed by atoms with Crippen LogP contribution in [0.4, 0.5) is 4.79 Å². The van der Waals surface area contributed by atoms with Gasteiger partial charge < -0.3 is 16.0 Å². The summed E-state index contributed by atoms with van der Waals surface area (Å²) in [7, 11) is 0. The molecule has 9 heteroatoms. The topological polar surface area (TPSA) is 124 Å². The van der Waals surface area contributed by atoms with Gasteiger partial charge in [-0.05, 0) is 36.5 Å². The molecule has 1 atom stereocenters. The van der Waals surface area contributed by atoms with Crippen LogP contribution in [0.15, 0.2) is 24.3 Å². The first kappa shape index (κ1) is 17.6. The van der Waals surface area contributed by atoms with Crippen molar-refractivity contribution >= 4 is 17.7 Å². The van der Waals surface area contributed by atoms with Crippen LogP contribution in [-0.2, 0) is 11.2 Å². The molecule has 2 N–H and O–H groups in total. The van der Waals surface area contributed by atoms with Crippen molar-refractivity contribution in [3.63, 3.8) is 0 Å². The number of hydrogen-bond acceptors (Lipinski definition) is 3. The fraction of sp³-hybridized carbons (Fsp3) is 0.400. The molecule has 29 heavy (non-hydrogen) atoms. The third-order valence-electron chi connectivity index (χ3n) is 6.28. The Labute approximate surface area is 166 Å². The highest BCUT2D eigenvalue weighted by Gasteiger charge is 2.44. The number of rotatable bonds is 2. The standard InChI is InChI=1S/C20H20N6O3/c21-23-18-17-16-14(8-9-25(20(28)29)15(16)10-22-19(18)27)26(24-17)13-6-4-12(5-7-13)11-2-1-3-11/h4-7,11,15H,1-3,8-10H2,(H,22,27)(H,28,29). The van der Waals surface area contributed by atoms with E-state index in [9.17, 15) is 20.2 Å². The summed E-state index contributed by atoms with van der Waals surface area (Å²) in [5, 5.41) is 16.8. The summed E-state index contributed by atoms with van der Waals surface area (Å²) in [6.07, 6.45) is 3.12. The number of amides is 2. The molecule has 1 aromatic heterocycles. The largest absolute Gasteiger partial charge is 0.465 e. The van der Waals surface area contributed by atoms with E-state index in [2.05, 4.69) is 27.3 Å². The van der Waals surface area contributed by atoms with Crippen molar-refractivity contribution in [1.82, 2.24) is 20.0 Å². The molecular formula is C20H20N6O3. The second kappa shape index (κ2) is 6.56. The van der Waals surface area contributed by atoms with Crippen LogP contribution in [0.3, 0.4) is 0 Å². The molecule has 3 aliphatic rings. The van der Waals surface area contributed by atoms with Crippen LogP contribution in [0.2, 0.25) is 0 Å². The highest BCUT2D eigenvalue weighted by atomic mass is 16.4. The Bertz CT molecular complexity index is 1060. The minimum absolute atomic E-state index is 0.108. The quantitative estimate of drug-likeness (QED) is 0.598. The summed E-state index contributed by atoms with van der Waals surface area (Å²) < 4.78 is 1.76. The van der Waals surface area contributed by atoms with E-state index in [4.69, 9.17) is 0 Å². The third-order valence-corrected chi connectivity index (χ3v) is 6.28. The molecule has 3 heterocycles. The van der Waals surface area contributed by atoms with Gasteiger partial charge in [-0.25, -0.2) is 9.48 Å². The smallest absolute Gasteiger partial charge is 0.407 e. The predicted octanol–water partition coefficient (Wildman–Crippen LogP) is 1.87. The summed E-state index contributed by atoms with van der Waals surface area (Å²) in [5.74, 6) is 0.0575. The number of carboxylic acid groups (broad SMARTS) is 1. The Hall–Kier alpha value is -3.45. The van der Waals surface area contributed by atoms with Gasteiger partial charge in [0, 0.05) is 25.1 Å². The molecule has 1 aromatic carbocycles. The summed E-state index contributed by atoms with van der Waals surface area (Å²) in [6.45, 7) is 0.413. The summed E-state index contributed by atoms with van der Waals surface area (Å²) in [4.78, 5) is 28.6. The monoisotopic (exact) mass is 392 g/mol. The Balaban J connectivity index is 1.64. The average molecular weight is 392 g/mol.